The molecular weight excluding hydrogens is 459 g/mol. The van der Waals surface area contributed by atoms with E-state index in [2.05, 4.69) is 25.3 Å². The molecule has 1 atom stereocenters. The molecule has 0 radical (unpaired) electrons. The van der Waals surface area contributed by atoms with Crippen LogP contribution in [0.2, 0.25) is 0 Å². The summed E-state index contributed by atoms with van der Waals surface area (Å²) in [5.74, 6) is 0.509. The summed E-state index contributed by atoms with van der Waals surface area (Å²) in [4.78, 5) is 17.3. The van der Waals surface area contributed by atoms with E-state index in [0.29, 0.717) is 28.1 Å². The van der Waals surface area contributed by atoms with Crippen LogP contribution in [0.15, 0.2) is 54.9 Å². The molecule has 0 saturated heterocycles. The van der Waals surface area contributed by atoms with Gasteiger partial charge in [0.1, 0.15) is 11.5 Å². The minimum atomic E-state index is -4.58. The zero-order chi connectivity index (χ0) is 25.4. The average molecular weight is 483 g/mol. The highest BCUT2D eigenvalue weighted by molar-refractivity contribution is 5.92. The Kier molecular flexibility index (Phi) is 6.44. The third-order valence-corrected chi connectivity index (χ3v) is 5.55. The number of aromatic nitrogens is 4. The van der Waals surface area contributed by atoms with E-state index in [1.807, 2.05) is 0 Å². The largest absolute Gasteiger partial charge is 0.418 e. The summed E-state index contributed by atoms with van der Waals surface area (Å²) in [6.07, 6.45) is -2.10. The number of nitrogens with zero attached hydrogens (tertiary/aromatic N) is 4. The van der Waals surface area contributed by atoms with Crippen LogP contribution in [0.1, 0.15) is 43.7 Å². The maximum atomic E-state index is 13.5. The molecule has 0 saturated carbocycles. The molecule has 0 aliphatic rings. The highest BCUT2D eigenvalue weighted by Gasteiger charge is 2.34. The third kappa shape index (κ3) is 5.23. The van der Waals surface area contributed by atoms with Crippen LogP contribution in [0.4, 0.5) is 24.7 Å². The van der Waals surface area contributed by atoms with Gasteiger partial charge in [-0.05, 0) is 57.2 Å². The van der Waals surface area contributed by atoms with Crippen molar-refractivity contribution in [1.29, 1.82) is 0 Å². The number of alkyl halides is 3. The van der Waals surface area contributed by atoms with Gasteiger partial charge in [-0.3, -0.25) is 4.98 Å². The second-order valence-electron chi connectivity index (χ2n) is 8.55. The summed E-state index contributed by atoms with van der Waals surface area (Å²) in [5.41, 5.74) is -0.0897. The lowest BCUT2D eigenvalue weighted by molar-refractivity contribution is -0.137. The average Bonchev–Trinajstić information content (AvgIpc) is 2.82. The monoisotopic (exact) mass is 483 g/mol. The Hall–Kier alpha value is -3.63. The van der Waals surface area contributed by atoms with Gasteiger partial charge in [-0.2, -0.15) is 13.2 Å². The molecule has 7 nitrogen and oxygen atoms in total. The Morgan fingerprint density at radius 3 is 2.43 bits per heavy atom. The van der Waals surface area contributed by atoms with Crippen molar-refractivity contribution in [2.24, 2.45) is 0 Å². The van der Waals surface area contributed by atoms with E-state index >= 15 is 0 Å². The second-order valence-corrected chi connectivity index (χ2v) is 8.55. The van der Waals surface area contributed by atoms with Crippen molar-refractivity contribution < 1.29 is 23.0 Å². The van der Waals surface area contributed by atoms with Gasteiger partial charge in [0.05, 0.1) is 34.3 Å². The minimum Gasteiger partial charge on any atom is -0.386 e. The van der Waals surface area contributed by atoms with Crippen LogP contribution in [-0.4, -0.2) is 32.2 Å². The first-order valence-corrected chi connectivity index (χ1v) is 10.8. The van der Waals surface area contributed by atoms with Crippen molar-refractivity contribution in [3.63, 3.8) is 0 Å². The molecule has 0 aromatic carbocycles. The van der Waals surface area contributed by atoms with Crippen LogP contribution in [-0.2, 0) is 16.5 Å². The molecule has 4 rings (SSSR count). The minimum absolute atomic E-state index is 0.0544. The molecule has 1 unspecified atom stereocenters. The number of aliphatic hydroxyl groups is 1. The van der Waals surface area contributed by atoms with E-state index in [4.69, 9.17) is 4.74 Å². The number of hydrogen-bond acceptors (Lipinski definition) is 7. The topological polar surface area (TPSA) is 93.0 Å². The lowest BCUT2D eigenvalue weighted by Gasteiger charge is -2.18. The van der Waals surface area contributed by atoms with Crippen molar-refractivity contribution in [3.8, 4) is 11.4 Å². The number of pyridine rings is 4. The number of hydrogen-bond donors (Lipinski definition) is 2. The molecule has 0 aliphatic heterocycles. The van der Waals surface area contributed by atoms with E-state index in [1.54, 1.807) is 51.2 Å². The number of rotatable bonds is 6. The number of methoxy groups -OCH3 is 1. The molecule has 0 fully saturated rings. The fraction of sp³-hybridized carbons (Fsp3) is 0.280. The van der Waals surface area contributed by atoms with E-state index in [9.17, 15) is 18.3 Å². The smallest absolute Gasteiger partial charge is 0.386 e. The van der Waals surface area contributed by atoms with Crippen molar-refractivity contribution in [2.45, 2.75) is 38.7 Å². The maximum absolute atomic E-state index is 13.5. The van der Waals surface area contributed by atoms with E-state index < -0.39 is 23.4 Å². The number of anilines is 2. The second kappa shape index (κ2) is 9.20. The summed E-state index contributed by atoms with van der Waals surface area (Å²) in [7, 11) is 1.54. The van der Waals surface area contributed by atoms with E-state index in [-0.39, 0.29) is 17.0 Å². The maximum Gasteiger partial charge on any atom is 0.418 e. The van der Waals surface area contributed by atoms with Crippen LogP contribution < -0.4 is 5.32 Å². The summed E-state index contributed by atoms with van der Waals surface area (Å²) in [5, 5.41) is 14.0. The Bertz CT molecular complexity index is 1350. The molecule has 0 bridgehead atoms. The lowest BCUT2D eigenvalue weighted by atomic mass is 10.0. The van der Waals surface area contributed by atoms with Gasteiger partial charge in [0.15, 0.2) is 5.65 Å². The van der Waals surface area contributed by atoms with Crippen molar-refractivity contribution in [3.05, 3.63) is 71.7 Å². The summed E-state index contributed by atoms with van der Waals surface area (Å²) < 4.78 is 46.0. The molecule has 4 heterocycles. The molecule has 4 aromatic rings. The van der Waals surface area contributed by atoms with Gasteiger partial charge in [0.25, 0.3) is 0 Å². The van der Waals surface area contributed by atoms with Crippen molar-refractivity contribution in [2.75, 3.05) is 12.4 Å². The number of fused-ring (bicyclic) bond motifs is 1. The van der Waals surface area contributed by atoms with Crippen LogP contribution >= 0.6 is 0 Å². The van der Waals surface area contributed by atoms with Crippen molar-refractivity contribution >= 4 is 22.5 Å². The Labute approximate surface area is 200 Å². The molecule has 10 heteroatoms. The van der Waals surface area contributed by atoms with Gasteiger partial charge in [-0.25, -0.2) is 15.0 Å². The summed E-state index contributed by atoms with van der Waals surface area (Å²) in [6.45, 7) is 5.14. The first-order valence-electron chi connectivity index (χ1n) is 10.8. The predicted octanol–water partition coefficient (Wildman–Crippen LogP) is 5.78. The highest BCUT2D eigenvalue weighted by atomic mass is 19.4. The van der Waals surface area contributed by atoms with Gasteiger partial charge in [-0.1, -0.05) is 6.07 Å². The number of nitrogens with one attached hydrogen (secondary N) is 1. The first-order chi connectivity index (χ1) is 16.5. The van der Waals surface area contributed by atoms with Gasteiger partial charge in [-0.15, -0.1) is 0 Å². The first kappa shape index (κ1) is 24.5. The predicted molar refractivity (Wildman–Crippen MR) is 126 cm³/mol. The third-order valence-electron chi connectivity index (χ3n) is 5.55. The molecule has 2 N–H and O–H groups in total. The molecule has 0 spiro atoms. The van der Waals surface area contributed by atoms with Crippen LogP contribution in [0, 0.1) is 0 Å². The molecule has 4 aromatic heterocycles. The fourth-order valence-electron chi connectivity index (χ4n) is 3.49. The normalized spacial score (nSPS) is 13.1. The highest BCUT2D eigenvalue weighted by Crippen LogP contribution is 2.36. The molecule has 182 valence electrons. The molecular formula is C25H24F3N5O2. The Balaban J connectivity index is 1.82. The lowest BCUT2D eigenvalue weighted by Crippen LogP contribution is -2.15. The van der Waals surface area contributed by atoms with Crippen LogP contribution in [0.25, 0.3) is 22.4 Å². The standard InChI is InChI=1S/C25H24F3N5O2/c1-14(35-4)19-12-20(31-21-10-7-15(13-30-21)24(2,3)34)16-8-9-18(32-23(16)33-19)22-17(25(26,27)28)6-5-11-29-22/h5-14,34H,1-4H3,(H,30,31,32,33). The molecule has 35 heavy (non-hydrogen) atoms. The van der Waals surface area contributed by atoms with Gasteiger partial charge in [0.2, 0.25) is 0 Å². The van der Waals surface area contributed by atoms with Crippen LogP contribution in [0.3, 0.4) is 0 Å². The SMILES string of the molecule is COC(C)c1cc(Nc2ccc(C(C)(C)O)cn2)c2ccc(-c3ncccc3C(F)(F)F)nc2n1. The fourth-order valence-corrected chi connectivity index (χ4v) is 3.49. The van der Waals surface area contributed by atoms with Crippen molar-refractivity contribution in [1.82, 2.24) is 19.9 Å². The Morgan fingerprint density at radius 2 is 1.80 bits per heavy atom. The number of ether oxygens (including phenoxy) is 1. The van der Waals surface area contributed by atoms with Gasteiger partial charge in [0, 0.05) is 30.5 Å². The zero-order valence-corrected chi connectivity index (χ0v) is 19.6. The van der Waals surface area contributed by atoms with E-state index in [1.165, 1.54) is 25.4 Å². The van der Waals surface area contributed by atoms with Crippen LogP contribution in [0.5, 0.6) is 0 Å². The summed E-state index contributed by atoms with van der Waals surface area (Å²) in [6, 6.07) is 10.6. The zero-order valence-electron chi connectivity index (χ0n) is 19.6. The van der Waals surface area contributed by atoms with Gasteiger partial charge < -0.3 is 15.2 Å². The Morgan fingerprint density at radius 1 is 1.03 bits per heavy atom. The van der Waals surface area contributed by atoms with E-state index in [0.717, 1.165) is 6.07 Å². The molecule has 0 aliphatic carbocycles. The summed E-state index contributed by atoms with van der Waals surface area (Å²) >= 11 is 0. The number of halogens is 3. The van der Waals surface area contributed by atoms with Gasteiger partial charge >= 0.3 is 6.18 Å². The quantitative estimate of drug-likeness (QED) is 0.359. The molecule has 0 amide bonds.